The molecule has 1 aliphatic heterocycles. The lowest BCUT2D eigenvalue weighted by molar-refractivity contribution is -0.0933. The zero-order valence-electron chi connectivity index (χ0n) is 18.7. The van der Waals surface area contributed by atoms with Gasteiger partial charge in [0.05, 0.1) is 13.2 Å². The molecule has 0 aromatic heterocycles. The van der Waals surface area contributed by atoms with Crippen molar-refractivity contribution in [2.24, 2.45) is 0 Å². The van der Waals surface area contributed by atoms with E-state index in [0.717, 1.165) is 12.8 Å². The molecule has 29 heavy (non-hydrogen) atoms. The van der Waals surface area contributed by atoms with Crippen LogP contribution in [0.3, 0.4) is 0 Å². The normalized spacial score (nSPS) is 18.8. The summed E-state index contributed by atoms with van der Waals surface area (Å²) in [5, 5.41) is 11.7. The second-order valence-electron chi connectivity index (χ2n) is 8.18. The average molecular weight is 416 g/mol. The van der Waals surface area contributed by atoms with Crippen LogP contribution >= 0.6 is 0 Å². The number of hydrogen-bond acceptors (Lipinski definition) is 5. The van der Waals surface area contributed by atoms with Crippen LogP contribution in [0.4, 0.5) is 4.79 Å². The lowest BCUT2D eigenvalue weighted by atomic mass is 10.0. The van der Waals surface area contributed by atoms with E-state index in [0.29, 0.717) is 13.2 Å². The van der Waals surface area contributed by atoms with Crippen LogP contribution in [0.5, 0.6) is 0 Å². The predicted molar refractivity (Wildman–Crippen MR) is 116 cm³/mol. The summed E-state index contributed by atoms with van der Waals surface area (Å²) in [5.41, 5.74) is 0. The highest BCUT2D eigenvalue weighted by Gasteiger charge is 2.26. The molecular weight excluding hydrogens is 370 g/mol. The smallest absolute Gasteiger partial charge is 0.407 e. The van der Waals surface area contributed by atoms with Crippen LogP contribution in [0.15, 0.2) is 0 Å². The quantitative estimate of drug-likeness (QED) is 0.279. The molecule has 0 spiro atoms. The number of ether oxygens (including phenoxy) is 3. The molecule has 2 N–H and O–H groups in total. The third-order valence-electron chi connectivity index (χ3n) is 5.41. The summed E-state index contributed by atoms with van der Waals surface area (Å²) < 4.78 is 15.6. The SMILES string of the molecule is CCCCCCCCCCCCCCCCCNC(=O)OCC1COC(CO)O1. The van der Waals surface area contributed by atoms with E-state index in [2.05, 4.69) is 12.2 Å². The Labute approximate surface area is 178 Å². The molecule has 6 nitrogen and oxygen atoms in total. The molecule has 1 rings (SSSR count). The van der Waals surface area contributed by atoms with E-state index in [4.69, 9.17) is 19.3 Å². The Bertz CT molecular complexity index is 380. The lowest BCUT2D eigenvalue weighted by Gasteiger charge is -2.11. The summed E-state index contributed by atoms with van der Waals surface area (Å²) in [7, 11) is 0. The largest absolute Gasteiger partial charge is 0.447 e. The molecular formula is C23H45NO5. The molecule has 1 aliphatic rings. The van der Waals surface area contributed by atoms with Gasteiger partial charge in [-0.1, -0.05) is 96.8 Å². The van der Waals surface area contributed by atoms with E-state index in [1.807, 2.05) is 0 Å². The van der Waals surface area contributed by atoms with Gasteiger partial charge >= 0.3 is 6.09 Å². The van der Waals surface area contributed by atoms with Gasteiger partial charge in [0.25, 0.3) is 0 Å². The van der Waals surface area contributed by atoms with Gasteiger partial charge < -0.3 is 24.6 Å². The number of alkyl carbamates (subject to hydrolysis) is 1. The zero-order valence-corrected chi connectivity index (χ0v) is 18.7. The second-order valence-corrected chi connectivity index (χ2v) is 8.18. The Morgan fingerprint density at radius 3 is 1.90 bits per heavy atom. The predicted octanol–water partition coefficient (Wildman–Crippen LogP) is 5.32. The number of aliphatic hydroxyl groups excluding tert-OH is 1. The van der Waals surface area contributed by atoms with Crippen LogP contribution in [0.2, 0.25) is 0 Å². The Morgan fingerprint density at radius 2 is 1.41 bits per heavy atom. The minimum absolute atomic E-state index is 0.154. The third kappa shape index (κ3) is 15.6. The Morgan fingerprint density at radius 1 is 0.897 bits per heavy atom. The van der Waals surface area contributed by atoms with E-state index in [-0.39, 0.29) is 19.3 Å². The molecule has 172 valence electrons. The first-order valence-electron chi connectivity index (χ1n) is 12.0. The molecule has 1 saturated heterocycles. The summed E-state index contributed by atoms with van der Waals surface area (Å²) in [4.78, 5) is 11.6. The van der Waals surface area contributed by atoms with Crippen molar-refractivity contribution in [3.63, 3.8) is 0 Å². The number of carbonyl (C=O) groups is 1. The number of unbranched alkanes of at least 4 members (excludes halogenated alkanes) is 14. The molecule has 1 heterocycles. The van der Waals surface area contributed by atoms with Gasteiger partial charge in [-0.05, 0) is 6.42 Å². The van der Waals surface area contributed by atoms with Gasteiger partial charge in [-0.25, -0.2) is 4.79 Å². The Kier molecular flexibility index (Phi) is 17.3. The first-order valence-corrected chi connectivity index (χ1v) is 12.0. The average Bonchev–Trinajstić information content (AvgIpc) is 3.20. The van der Waals surface area contributed by atoms with Gasteiger partial charge in [-0.15, -0.1) is 0 Å². The molecule has 0 aromatic carbocycles. The third-order valence-corrected chi connectivity index (χ3v) is 5.41. The minimum atomic E-state index is -0.591. The maximum atomic E-state index is 11.6. The number of carbonyl (C=O) groups excluding carboxylic acids is 1. The fourth-order valence-electron chi connectivity index (χ4n) is 3.60. The molecule has 0 aromatic rings. The van der Waals surface area contributed by atoms with E-state index in [1.165, 1.54) is 83.5 Å². The van der Waals surface area contributed by atoms with Crippen LogP contribution in [-0.4, -0.2) is 50.0 Å². The number of hydrogen-bond donors (Lipinski definition) is 2. The van der Waals surface area contributed by atoms with Crippen LogP contribution in [-0.2, 0) is 14.2 Å². The van der Waals surface area contributed by atoms with E-state index in [1.54, 1.807) is 0 Å². The summed E-state index contributed by atoms with van der Waals surface area (Å²) in [5.74, 6) is 0. The summed E-state index contributed by atoms with van der Waals surface area (Å²) >= 11 is 0. The van der Waals surface area contributed by atoms with E-state index < -0.39 is 12.4 Å². The highest BCUT2D eigenvalue weighted by Crippen LogP contribution is 2.13. The van der Waals surface area contributed by atoms with E-state index >= 15 is 0 Å². The number of rotatable bonds is 19. The van der Waals surface area contributed by atoms with Gasteiger partial charge in [0.15, 0.2) is 6.29 Å². The monoisotopic (exact) mass is 415 g/mol. The van der Waals surface area contributed by atoms with Crippen molar-refractivity contribution >= 4 is 6.09 Å². The summed E-state index contributed by atoms with van der Waals surface area (Å²) in [6, 6.07) is 0. The molecule has 1 amide bonds. The highest BCUT2D eigenvalue weighted by molar-refractivity contribution is 5.67. The number of amides is 1. The lowest BCUT2D eigenvalue weighted by Crippen LogP contribution is -2.29. The van der Waals surface area contributed by atoms with Crippen LogP contribution < -0.4 is 5.32 Å². The van der Waals surface area contributed by atoms with Crippen molar-refractivity contribution in [3.05, 3.63) is 0 Å². The van der Waals surface area contributed by atoms with Crippen LogP contribution in [0.25, 0.3) is 0 Å². The van der Waals surface area contributed by atoms with Crippen molar-refractivity contribution in [2.75, 3.05) is 26.4 Å². The molecule has 0 saturated carbocycles. The zero-order chi connectivity index (χ0) is 21.0. The standard InChI is InChI=1S/C23H45NO5/c1-2-3-4-5-6-7-8-9-10-11-12-13-14-15-16-17-24-23(26)28-20-21-19-27-22(18-25)29-21/h21-22,25H,2-20H2,1H3,(H,24,26). The second kappa shape index (κ2) is 19.1. The molecule has 6 heteroatoms. The number of nitrogens with one attached hydrogen (secondary N) is 1. The highest BCUT2D eigenvalue weighted by atomic mass is 16.7. The van der Waals surface area contributed by atoms with Crippen LogP contribution in [0, 0.1) is 0 Å². The van der Waals surface area contributed by atoms with Gasteiger partial charge in [0, 0.05) is 6.54 Å². The number of aliphatic hydroxyl groups is 1. The minimum Gasteiger partial charge on any atom is -0.447 e. The Hall–Kier alpha value is -0.850. The van der Waals surface area contributed by atoms with Crippen molar-refractivity contribution in [3.8, 4) is 0 Å². The first-order chi connectivity index (χ1) is 14.3. The molecule has 0 radical (unpaired) electrons. The van der Waals surface area contributed by atoms with Gasteiger partial charge in [-0.3, -0.25) is 0 Å². The topological polar surface area (TPSA) is 77.0 Å². The fraction of sp³-hybridized carbons (Fsp3) is 0.957. The van der Waals surface area contributed by atoms with Crippen LogP contribution in [0.1, 0.15) is 103 Å². The molecule has 0 aliphatic carbocycles. The van der Waals surface area contributed by atoms with Gasteiger partial charge in [0.1, 0.15) is 12.7 Å². The summed E-state index contributed by atoms with van der Waals surface area (Å²) in [6.07, 6.45) is 18.7. The summed E-state index contributed by atoms with van der Waals surface area (Å²) in [6.45, 7) is 3.24. The van der Waals surface area contributed by atoms with Crippen molar-refractivity contribution < 1.29 is 24.1 Å². The van der Waals surface area contributed by atoms with Crippen molar-refractivity contribution in [1.29, 1.82) is 0 Å². The molecule has 0 bridgehead atoms. The van der Waals surface area contributed by atoms with E-state index in [9.17, 15) is 4.79 Å². The molecule has 2 atom stereocenters. The Balaban J connectivity index is 1.74. The van der Waals surface area contributed by atoms with Crippen molar-refractivity contribution in [1.82, 2.24) is 5.32 Å². The molecule has 1 fully saturated rings. The first kappa shape index (κ1) is 26.2. The van der Waals surface area contributed by atoms with Gasteiger partial charge in [0.2, 0.25) is 0 Å². The maximum absolute atomic E-state index is 11.6. The maximum Gasteiger partial charge on any atom is 0.407 e. The van der Waals surface area contributed by atoms with Crippen molar-refractivity contribution in [2.45, 2.75) is 116 Å². The molecule has 2 unspecified atom stereocenters. The fourth-order valence-corrected chi connectivity index (χ4v) is 3.60. The van der Waals surface area contributed by atoms with Gasteiger partial charge in [-0.2, -0.15) is 0 Å².